The quantitative estimate of drug-likeness (QED) is 0.280. The highest BCUT2D eigenvalue weighted by Gasteiger charge is 2.25. The Morgan fingerprint density at radius 1 is 0.571 bits per heavy atom. The first-order valence-corrected chi connectivity index (χ1v) is 8.45. The predicted octanol–water partition coefficient (Wildman–Crippen LogP) is 6.39. The molecule has 0 amide bonds. The average Bonchev–Trinajstić information content (AvgIpc) is 3.11. The van der Waals surface area contributed by atoms with Gasteiger partial charge in [0.2, 0.25) is 0 Å². The standard InChI is InChI=1S/C18H7Br2N/c19-12-6-4-10-8-2-1-3-9-11-5-7-13(20)15-14(12)17(10)21(16(8)9)18(11)15/h1-7H. The molecule has 3 aromatic heterocycles. The summed E-state index contributed by atoms with van der Waals surface area (Å²) in [7, 11) is 0. The van der Waals surface area contributed by atoms with Gasteiger partial charge < -0.3 is 4.40 Å². The maximum absolute atomic E-state index is 3.75. The molecule has 6 rings (SSSR count). The maximum Gasteiger partial charge on any atom is 0.0632 e. The number of benzene rings is 3. The molecule has 0 fully saturated rings. The Balaban J connectivity index is 2.27. The van der Waals surface area contributed by atoms with E-state index in [0.29, 0.717) is 0 Å². The lowest BCUT2D eigenvalue weighted by Gasteiger charge is -1.99. The summed E-state index contributed by atoms with van der Waals surface area (Å²) in [6.45, 7) is 0. The number of para-hydroxylation sites is 1. The number of hydrogen-bond donors (Lipinski definition) is 0. The Morgan fingerprint density at radius 3 is 1.57 bits per heavy atom. The second-order valence-electron chi connectivity index (χ2n) is 5.67. The minimum absolute atomic E-state index is 1.17. The molecule has 0 N–H and O–H groups in total. The number of rotatable bonds is 0. The van der Waals surface area contributed by atoms with E-state index >= 15 is 0 Å². The Morgan fingerprint density at radius 2 is 1.05 bits per heavy atom. The average molecular weight is 397 g/mol. The summed E-state index contributed by atoms with van der Waals surface area (Å²) in [6.07, 6.45) is 0. The molecule has 0 spiro atoms. The fraction of sp³-hybridized carbons (Fsp3) is 0. The van der Waals surface area contributed by atoms with Crippen LogP contribution in [0.25, 0.3) is 48.9 Å². The Kier molecular flexibility index (Phi) is 1.71. The van der Waals surface area contributed by atoms with E-state index in [4.69, 9.17) is 0 Å². The fourth-order valence-corrected chi connectivity index (χ4v) is 5.10. The second-order valence-corrected chi connectivity index (χ2v) is 7.38. The molecule has 0 aliphatic rings. The van der Waals surface area contributed by atoms with Crippen LogP contribution in [-0.4, -0.2) is 4.40 Å². The van der Waals surface area contributed by atoms with E-state index in [1.54, 1.807) is 0 Å². The lowest BCUT2D eigenvalue weighted by molar-refractivity contribution is 1.41. The van der Waals surface area contributed by atoms with Gasteiger partial charge in [0.15, 0.2) is 0 Å². The van der Waals surface area contributed by atoms with Crippen LogP contribution in [0, 0.1) is 0 Å². The van der Waals surface area contributed by atoms with Gasteiger partial charge in [-0.15, -0.1) is 0 Å². The SMILES string of the molecule is Brc1ccc2c3cccc4c5ccc(Br)c6c1c2n(c34)c56. The van der Waals surface area contributed by atoms with Crippen molar-refractivity contribution in [1.82, 2.24) is 4.40 Å². The molecule has 98 valence electrons. The van der Waals surface area contributed by atoms with E-state index in [2.05, 4.69) is 78.7 Å². The number of aromatic nitrogens is 1. The second kappa shape index (κ2) is 3.26. The predicted molar refractivity (Wildman–Crippen MR) is 96.4 cm³/mol. The highest BCUT2D eigenvalue weighted by atomic mass is 79.9. The normalized spacial score (nSPS) is 13.2. The molecule has 3 heterocycles. The fourth-order valence-electron chi connectivity index (χ4n) is 4.06. The number of fused-ring (bicyclic) bond motifs is 3. The zero-order valence-electron chi connectivity index (χ0n) is 10.7. The molecule has 0 bridgehead atoms. The zero-order valence-corrected chi connectivity index (χ0v) is 13.9. The first kappa shape index (κ1) is 11.0. The van der Waals surface area contributed by atoms with Crippen molar-refractivity contribution in [3.63, 3.8) is 0 Å². The molecule has 0 radical (unpaired) electrons. The van der Waals surface area contributed by atoms with Crippen molar-refractivity contribution in [2.75, 3.05) is 0 Å². The topological polar surface area (TPSA) is 4.41 Å². The van der Waals surface area contributed by atoms with Crippen LogP contribution in [0.4, 0.5) is 0 Å². The van der Waals surface area contributed by atoms with Gasteiger partial charge in [-0.05, 0) is 12.1 Å². The van der Waals surface area contributed by atoms with Crippen LogP contribution < -0.4 is 0 Å². The zero-order chi connectivity index (χ0) is 13.9. The smallest absolute Gasteiger partial charge is 0.0632 e. The van der Waals surface area contributed by atoms with Crippen molar-refractivity contribution in [3.05, 3.63) is 51.4 Å². The van der Waals surface area contributed by atoms with Gasteiger partial charge in [0.05, 0.1) is 16.6 Å². The van der Waals surface area contributed by atoms with E-state index in [1.165, 1.54) is 57.8 Å². The van der Waals surface area contributed by atoms with Crippen molar-refractivity contribution in [2.45, 2.75) is 0 Å². The first-order chi connectivity index (χ1) is 10.3. The molecule has 21 heavy (non-hydrogen) atoms. The molecule has 0 aliphatic heterocycles. The van der Waals surface area contributed by atoms with Crippen LogP contribution in [0.2, 0.25) is 0 Å². The number of halogens is 2. The highest BCUT2D eigenvalue weighted by molar-refractivity contribution is 9.11. The van der Waals surface area contributed by atoms with E-state index in [0.717, 1.165) is 0 Å². The third-order valence-corrected chi connectivity index (χ3v) is 6.11. The van der Waals surface area contributed by atoms with Gasteiger partial charge >= 0.3 is 0 Å². The van der Waals surface area contributed by atoms with Crippen LogP contribution in [0.1, 0.15) is 0 Å². The van der Waals surface area contributed by atoms with Gasteiger partial charge in [-0.2, -0.15) is 0 Å². The minimum Gasteiger partial charge on any atom is -0.307 e. The van der Waals surface area contributed by atoms with Crippen molar-refractivity contribution >= 4 is 80.7 Å². The van der Waals surface area contributed by atoms with E-state index in [-0.39, 0.29) is 0 Å². The summed E-state index contributed by atoms with van der Waals surface area (Å²) in [5, 5.41) is 8.04. The molecule has 0 saturated heterocycles. The monoisotopic (exact) mass is 395 g/mol. The molecule has 0 unspecified atom stereocenters. The van der Waals surface area contributed by atoms with Crippen molar-refractivity contribution in [1.29, 1.82) is 0 Å². The van der Waals surface area contributed by atoms with Gasteiger partial charge in [0.1, 0.15) is 0 Å². The lowest BCUT2D eigenvalue weighted by atomic mass is 10.1. The summed E-state index contributed by atoms with van der Waals surface area (Å²) >= 11 is 7.51. The first-order valence-electron chi connectivity index (χ1n) is 6.86. The van der Waals surface area contributed by atoms with Gasteiger partial charge in [0.25, 0.3) is 0 Å². The number of hydrogen-bond acceptors (Lipinski definition) is 0. The van der Waals surface area contributed by atoms with E-state index in [9.17, 15) is 0 Å². The Labute approximate surface area is 136 Å². The maximum atomic E-state index is 3.75. The van der Waals surface area contributed by atoms with Crippen LogP contribution in [0.5, 0.6) is 0 Å². The summed E-state index contributed by atoms with van der Waals surface area (Å²) in [5.41, 5.74) is 4.04. The molecule has 0 aliphatic carbocycles. The lowest BCUT2D eigenvalue weighted by Crippen LogP contribution is -1.73. The van der Waals surface area contributed by atoms with Crippen molar-refractivity contribution in [3.8, 4) is 0 Å². The van der Waals surface area contributed by atoms with Crippen LogP contribution >= 0.6 is 31.9 Å². The Bertz CT molecular complexity index is 1200. The molecular weight excluding hydrogens is 390 g/mol. The Hall–Kier alpha value is -1.58. The van der Waals surface area contributed by atoms with Gasteiger partial charge in [-0.1, -0.05) is 62.2 Å². The molecule has 3 heteroatoms. The highest BCUT2D eigenvalue weighted by Crippen LogP contribution is 2.49. The molecule has 0 saturated carbocycles. The minimum atomic E-state index is 1.17. The molecule has 6 aromatic rings. The van der Waals surface area contributed by atoms with Crippen molar-refractivity contribution in [2.24, 2.45) is 0 Å². The van der Waals surface area contributed by atoms with Gasteiger partial charge in [-0.3, -0.25) is 0 Å². The third-order valence-electron chi connectivity index (χ3n) is 4.79. The van der Waals surface area contributed by atoms with E-state index in [1.807, 2.05) is 0 Å². The molecule has 0 atom stereocenters. The summed E-state index contributed by atoms with van der Waals surface area (Å²) in [6, 6.07) is 15.5. The van der Waals surface area contributed by atoms with Crippen LogP contribution in [-0.2, 0) is 0 Å². The molecule has 1 nitrogen and oxygen atoms in total. The van der Waals surface area contributed by atoms with Crippen LogP contribution in [0.3, 0.4) is 0 Å². The van der Waals surface area contributed by atoms with E-state index < -0.39 is 0 Å². The summed E-state index contributed by atoms with van der Waals surface area (Å²) in [4.78, 5) is 0. The van der Waals surface area contributed by atoms with Crippen LogP contribution in [0.15, 0.2) is 51.4 Å². The third kappa shape index (κ3) is 1.00. The number of nitrogens with zero attached hydrogens (tertiary/aromatic N) is 1. The summed E-state index contributed by atoms with van der Waals surface area (Å²) in [5.74, 6) is 0. The summed E-state index contributed by atoms with van der Waals surface area (Å²) < 4.78 is 4.79. The van der Waals surface area contributed by atoms with Gasteiger partial charge in [0, 0.05) is 41.3 Å². The molecule has 3 aromatic carbocycles. The van der Waals surface area contributed by atoms with Crippen molar-refractivity contribution < 1.29 is 0 Å². The van der Waals surface area contributed by atoms with Gasteiger partial charge in [-0.25, -0.2) is 0 Å². The largest absolute Gasteiger partial charge is 0.307 e. The molecular formula is C18H7Br2N.